The molecule has 1 aromatic carbocycles. The number of likely N-dealkylation sites (N-methyl/N-ethyl adjacent to an activating group) is 1. The minimum atomic E-state index is -1.28. The largest absolute Gasteiger partial charge is 0.473 e. The molecule has 11 rings (SSSR count). The average Bonchev–Trinajstić information content (AvgIpc) is 1.73. The Balaban J connectivity index is 0.947. The van der Waals surface area contributed by atoms with Gasteiger partial charge >= 0.3 is 0 Å². The van der Waals surface area contributed by atoms with Gasteiger partial charge in [-0.05, 0) is 71.6 Å². The zero-order chi connectivity index (χ0) is 65.8. The molecule has 26 nitrogen and oxygen atoms in total. The van der Waals surface area contributed by atoms with Gasteiger partial charge in [0.25, 0.3) is 23.6 Å². The topological polar surface area (TPSA) is 333 Å². The van der Waals surface area contributed by atoms with Gasteiger partial charge in [-0.2, -0.15) is 0 Å². The van der Waals surface area contributed by atoms with Crippen molar-refractivity contribution in [1.29, 1.82) is 0 Å². The molecule has 3 unspecified atom stereocenters. The highest BCUT2D eigenvalue weighted by atomic mass is 32.1. The summed E-state index contributed by atoms with van der Waals surface area (Å²) >= 11 is 7.35. The van der Waals surface area contributed by atoms with Crippen molar-refractivity contribution in [3.05, 3.63) is 117 Å². The van der Waals surface area contributed by atoms with Crippen molar-refractivity contribution in [1.82, 2.24) is 81.5 Å². The molecule has 8 aromatic rings. The fraction of sp³-hybridized carbons (Fsp3) is 0.393. The van der Waals surface area contributed by atoms with E-state index in [0.29, 0.717) is 118 Å². The molecule has 32 heteroatoms. The third-order valence-corrected chi connectivity index (χ3v) is 21.0. The first-order chi connectivity index (χ1) is 44.7. The summed E-state index contributed by atoms with van der Waals surface area (Å²) in [5.74, 6) is -3.33. The first kappa shape index (κ1) is 66.3. The number of amides is 7. The van der Waals surface area contributed by atoms with E-state index in [1.807, 2.05) is 64.0 Å². The molecule has 93 heavy (non-hydrogen) atoms. The number of aliphatic hydroxyl groups excluding tert-OH is 1. The van der Waals surface area contributed by atoms with E-state index >= 15 is 0 Å². The number of nitrogens with zero attached hydrogens (tertiary/aromatic N) is 11. The molecule has 0 aliphatic carbocycles. The van der Waals surface area contributed by atoms with Crippen molar-refractivity contribution >= 4 is 115 Å². The number of benzene rings is 1. The number of aliphatic imine (C=N–C) groups is 1. The number of pyridine rings is 1. The van der Waals surface area contributed by atoms with Gasteiger partial charge in [-0.25, -0.2) is 39.9 Å². The van der Waals surface area contributed by atoms with Crippen molar-refractivity contribution < 1.29 is 43.4 Å². The Morgan fingerprint density at radius 2 is 1.43 bits per heavy atom. The molecule has 6 atom stereocenters. The highest BCUT2D eigenvalue weighted by molar-refractivity contribution is 7.15. The number of rotatable bonds is 14. The summed E-state index contributed by atoms with van der Waals surface area (Å²) < 4.78 is 6.00. The van der Waals surface area contributed by atoms with Gasteiger partial charge in [-0.3, -0.25) is 33.6 Å². The maximum Gasteiger partial charge on any atom is 0.271 e. The molecule has 0 radical (unpaired) electrons. The highest BCUT2D eigenvalue weighted by Crippen LogP contribution is 2.40. The number of nitrogens with one attached hydrogen (secondary N) is 6. The molecule has 3 aliphatic rings. The number of aryl methyl sites for hydroxylation is 1. The third-order valence-electron chi connectivity index (χ3n) is 15.3. The van der Waals surface area contributed by atoms with Crippen LogP contribution in [0.4, 0.5) is 0 Å². The van der Waals surface area contributed by atoms with Crippen LogP contribution in [0.15, 0.2) is 69.0 Å². The summed E-state index contributed by atoms with van der Waals surface area (Å²) in [5.41, 5.74) is 3.24. The van der Waals surface area contributed by atoms with Crippen LogP contribution in [-0.4, -0.2) is 182 Å². The van der Waals surface area contributed by atoms with E-state index in [0.717, 1.165) is 11.3 Å². The Morgan fingerprint density at radius 1 is 0.720 bits per heavy atom. The molecule has 10 heterocycles. The Morgan fingerprint density at radius 3 is 2.18 bits per heavy atom. The van der Waals surface area contributed by atoms with Crippen LogP contribution in [0, 0.1) is 12.8 Å². The Bertz CT molecular complexity index is 4140. The molecular formula is C61H67N17O9S6. The molecule has 486 valence electrons. The Kier molecular flexibility index (Phi) is 20.6. The van der Waals surface area contributed by atoms with Crippen LogP contribution in [0.1, 0.15) is 125 Å². The summed E-state index contributed by atoms with van der Waals surface area (Å²) in [6.07, 6.45) is -0.249. The lowest BCUT2D eigenvalue weighted by atomic mass is 10.0. The summed E-state index contributed by atoms with van der Waals surface area (Å²) in [6, 6.07) is 8.17. The second-order valence-corrected chi connectivity index (χ2v) is 28.8. The van der Waals surface area contributed by atoms with Gasteiger partial charge in [0.1, 0.15) is 94.7 Å². The lowest BCUT2D eigenvalue weighted by Gasteiger charge is -2.25. The molecule has 7 aromatic heterocycles. The minimum Gasteiger partial charge on any atom is -0.473 e. The van der Waals surface area contributed by atoms with Gasteiger partial charge in [0, 0.05) is 65.2 Å². The van der Waals surface area contributed by atoms with Crippen molar-refractivity contribution in [2.45, 2.75) is 82.9 Å². The highest BCUT2D eigenvalue weighted by Gasteiger charge is 2.40. The molecule has 7 N–H and O–H groups in total. The number of aliphatic hydroxyl groups is 1. The number of hydrogen-bond donors (Lipinski definition) is 7. The van der Waals surface area contributed by atoms with Gasteiger partial charge in [0.2, 0.25) is 23.6 Å². The molecule has 1 fully saturated rings. The smallest absolute Gasteiger partial charge is 0.271 e. The summed E-state index contributed by atoms with van der Waals surface area (Å²) in [4.78, 5) is 143. The van der Waals surface area contributed by atoms with Gasteiger partial charge < -0.3 is 56.4 Å². The van der Waals surface area contributed by atoms with E-state index < -0.39 is 72.4 Å². The van der Waals surface area contributed by atoms with Crippen LogP contribution in [0.5, 0.6) is 0 Å². The molecular weight excluding hydrogens is 1310 g/mol. The Labute approximate surface area is 558 Å². The molecule has 0 spiro atoms. The minimum absolute atomic E-state index is 0.0161. The monoisotopic (exact) mass is 1370 g/mol. The predicted molar refractivity (Wildman–Crippen MR) is 356 cm³/mol. The second-order valence-electron chi connectivity index (χ2n) is 23.0. The maximum absolute atomic E-state index is 14.4. The Hall–Kier alpha value is -8.21. The molecule has 10 bridgehead atoms. The molecule has 0 saturated carbocycles. The van der Waals surface area contributed by atoms with E-state index in [-0.39, 0.29) is 53.7 Å². The lowest BCUT2D eigenvalue weighted by Crippen LogP contribution is -2.49. The number of hydrogen-bond acceptors (Lipinski definition) is 25. The maximum atomic E-state index is 14.4. The van der Waals surface area contributed by atoms with E-state index in [1.165, 1.54) is 63.7 Å². The summed E-state index contributed by atoms with van der Waals surface area (Å²) in [6.45, 7) is 6.91. The van der Waals surface area contributed by atoms with Gasteiger partial charge in [0.15, 0.2) is 6.04 Å². The van der Waals surface area contributed by atoms with Crippen LogP contribution in [0.25, 0.3) is 43.4 Å². The summed E-state index contributed by atoms with van der Waals surface area (Å²) in [7, 11) is 9.02. The first-order valence-corrected chi connectivity index (χ1v) is 34.9. The molecule has 3 aliphatic heterocycles. The number of ether oxygens (including phenoxy) is 1. The summed E-state index contributed by atoms with van der Waals surface area (Å²) in [5, 5.41) is 38.6. The van der Waals surface area contributed by atoms with E-state index in [1.54, 1.807) is 63.7 Å². The number of fused-ring (bicyclic) bond motifs is 14. The average molecular weight is 1370 g/mol. The van der Waals surface area contributed by atoms with Crippen LogP contribution < -0.4 is 31.9 Å². The third kappa shape index (κ3) is 15.1. The van der Waals surface area contributed by atoms with Crippen LogP contribution in [0.2, 0.25) is 0 Å². The van der Waals surface area contributed by atoms with Gasteiger partial charge in [-0.1, -0.05) is 44.2 Å². The fourth-order valence-corrected chi connectivity index (χ4v) is 16.2. The van der Waals surface area contributed by atoms with E-state index in [2.05, 4.69) is 36.9 Å². The van der Waals surface area contributed by atoms with Crippen molar-refractivity contribution in [3.63, 3.8) is 0 Å². The lowest BCUT2D eigenvalue weighted by molar-refractivity contribution is -0.139. The zero-order valence-corrected chi connectivity index (χ0v) is 56.7. The molecule has 7 amide bonds. The quantitative estimate of drug-likeness (QED) is 0.0652. The van der Waals surface area contributed by atoms with E-state index in [9.17, 15) is 38.7 Å². The van der Waals surface area contributed by atoms with Gasteiger partial charge in [0.05, 0.1) is 35.6 Å². The normalized spacial score (nSPS) is 19.2. The predicted octanol–water partition coefficient (Wildman–Crippen LogP) is 6.04. The number of thiazole rings is 6. The number of likely N-dealkylation sites (tertiary alicyclic amines) is 1. The van der Waals surface area contributed by atoms with Crippen LogP contribution in [-0.2, 0) is 30.5 Å². The van der Waals surface area contributed by atoms with E-state index in [4.69, 9.17) is 39.6 Å². The van der Waals surface area contributed by atoms with Crippen LogP contribution in [0.3, 0.4) is 0 Å². The fourth-order valence-electron chi connectivity index (χ4n) is 10.5. The SMILES string of the molecule is CNC(=O)C[C@@H]1NC(=O)c2csc(n2)-c2ccc(-c3nc(C4=NC(C(=O)N5CCC[C@H]5C(=O)NCCN(C)C)CO4)cs3)nc2-c2csc(n2)-c2csc(n2)C(C(O)c2ccccc2)NC(=O)CNC(=O)c2nc(sc2CN(C)C)[C@H](C(C)C)NC(=O)c2nc1sc2C. The molecule has 1 saturated heterocycles. The number of aromatic nitrogens is 7. The van der Waals surface area contributed by atoms with Crippen molar-refractivity contribution in [2.75, 3.05) is 68.0 Å². The number of carbonyl (C=O) groups excluding carboxylic acids is 7. The van der Waals surface area contributed by atoms with Crippen molar-refractivity contribution in [3.8, 4) is 43.4 Å². The second kappa shape index (κ2) is 29.0. The number of carbonyl (C=O) groups is 7. The van der Waals surface area contributed by atoms with Crippen molar-refractivity contribution in [2.24, 2.45) is 10.9 Å². The first-order valence-electron chi connectivity index (χ1n) is 29.7. The van der Waals surface area contributed by atoms with Gasteiger partial charge in [-0.15, -0.1) is 68.0 Å². The zero-order valence-electron chi connectivity index (χ0n) is 51.8. The standard InChI is InChI=1S/C61H67N17O9S6/c1-29(2)44-60-75-47(41(93-60)23-77(7)8)52(84)64-22-43(80)72-48(49(81)31-13-10-9-11-14-31)59-71-39(28-91-59)57-68-36(25-89-57)46-32(55-69-37(26-88-55)50(82)66-34(21-42(79)62-4)58-74-45(30(3)92-58)53(85)73-44)16-17-33(65-46)56-70-38(27-90-56)54-67-35(24-87-54)61(86)78-19-12-15-40(78)51(83)63-18-20-76(5)6/h9-11,13-14,16-17,25-29,34-35,40,44,48-49,81H,12,15,18-24H2,1-8H3,(H,62,79)(H,63,83)(H,64,84)(H,66,82)(H,72,80)(H,73,85)/t34-,35?,40-,44-,48?,49?/m0/s1. The van der Waals surface area contributed by atoms with Crippen LogP contribution >= 0.6 is 68.0 Å².